The van der Waals surface area contributed by atoms with Gasteiger partial charge in [-0.05, 0) is 49.2 Å². The summed E-state index contributed by atoms with van der Waals surface area (Å²) in [6, 6.07) is 8.55. The number of hydrogen-bond donors (Lipinski definition) is 1. The minimum Gasteiger partial charge on any atom is -0.339 e. The first-order valence-electron chi connectivity index (χ1n) is 6.53. The van der Waals surface area contributed by atoms with Gasteiger partial charge in [0.25, 0.3) is 0 Å². The standard InChI is InChI=1S/C15H15FN4/c1-3-13-9-17-15-5-4-14(19-20(13)15)18-12-7-10(2)6-11(16)8-12/h4-9H,3H2,1-2H3,(H,18,19). The van der Waals surface area contributed by atoms with Crippen molar-refractivity contribution in [3.63, 3.8) is 0 Å². The lowest BCUT2D eigenvalue weighted by Crippen LogP contribution is -2.01. The summed E-state index contributed by atoms with van der Waals surface area (Å²) in [7, 11) is 0. The first kappa shape index (κ1) is 12.6. The van der Waals surface area contributed by atoms with Crippen LogP contribution < -0.4 is 5.32 Å². The van der Waals surface area contributed by atoms with Gasteiger partial charge in [0.2, 0.25) is 0 Å². The molecule has 20 heavy (non-hydrogen) atoms. The lowest BCUT2D eigenvalue weighted by atomic mass is 10.2. The van der Waals surface area contributed by atoms with E-state index in [1.54, 1.807) is 4.52 Å². The number of imidazole rings is 1. The Morgan fingerprint density at radius 2 is 2.10 bits per heavy atom. The topological polar surface area (TPSA) is 42.2 Å². The van der Waals surface area contributed by atoms with Crippen LogP contribution in [0, 0.1) is 12.7 Å². The van der Waals surface area contributed by atoms with E-state index in [0.29, 0.717) is 11.5 Å². The van der Waals surface area contributed by atoms with Gasteiger partial charge in [-0.1, -0.05) is 6.92 Å². The molecular formula is C15H15FN4. The van der Waals surface area contributed by atoms with Crippen molar-refractivity contribution in [2.24, 2.45) is 0 Å². The molecule has 3 rings (SSSR count). The number of aromatic nitrogens is 3. The minimum atomic E-state index is -0.259. The lowest BCUT2D eigenvalue weighted by molar-refractivity contribution is 0.627. The largest absolute Gasteiger partial charge is 0.339 e. The molecule has 5 heteroatoms. The molecule has 0 fully saturated rings. The molecule has 4 nitrogen and oxygen atoms in total. The SMILES string of the molecule is CCc1cnc2ccc(Nc3cc(C)cc(F)c3)nn12. The molecule has 0 aliphatic carbocycles. The molecule has 0 unspecified atom stereocenters. The van der Waals surface area contributed by atoms with Gasteiger partial charge in [0.05, 0.1) is 11.9 Å². The third kappa shape index (κ3) is 2.34. The fourth-order valence-corrected chi connectivity index (χ4v) is 2.18. The average molecular weight is 270 g/mol. The molecule has 102 valence electrons. The Labute approximate surface area is 116 Å². The summed E-state index contributed by atoms with van der Waals surface area (Å²) in [5.41, 5.74) is 3.40. The van der Waals surface area contributed by atoms with Gasteiger partial charge < -0.3 is 5.32 Å². The van der Waals surface area contributed by atoms with E-state index >= 15 is 0 Å². The zero-order valence-electron chi connectivity index (χ0n) is 11.4. The highest BCUT2D eigenvalue weighted by Gasteiger charge is 2.05. The number of halogens is 1. The number of hydrogen-bond acceptors (Lipinski definition) is 3. The van der Waals surface area contributed by atoms with E-state index in [9.17, 15) is 4.39 Å². The molecule has 1 N–H and O–H groups in total. The van der Waals surface area contributed by atoms with Crippen LogP contribution in [0.2, 0.25) is 0 Å². The quantitative estimate of drug-likeness (QED) is 0.792. The fraction of sp³-hybridized carbons (Fsp3) is 0.200. The highest BCUT2D eigenvalue weighted by atomic mass is 19.1. The highest BCUT2D eigenvalue weighted by molar-refractivity contribution is 5.58. The number of anilines is 2. The Balaban J connectivity index is 1.97. The van der Waals surface area contributed by atoms with Crippen molar-refractivity contribution in [2.75, 3.05) is 5.32 Å². The molecule has 2 aromatic heterocycles. The number of benzene rings is 1. The molecule has 0 atom stereocenters. The number of nitrogens with one attached hydrogen (secondary N) is 1. The lowest BCUT2D eigenvalue weighted by Gasteiger charge is -2.07. The monoisotopic (exact) mass is 270 g/mol. The number of aryl methyl sites for hydroxylation is 2. The molecule has 0 bridgehead atoms. The predicted molar refractivity (Wildman–Crippen MR) is 76.8 cm³/mol. The third-order valence-corrected chi connectivity index (χ3v) is 3.11. The van der Waals surface area contributed by atoms with E-state index in [0.717, 1.165) is 23.3 Å². The zero-order valence-corrected chi connectivity index (χ0v) is 11.4. The molecule has 0 radical (unpaired) electrons. The molecule has 3 aromatic rings. The fourth-order valence-electron chi connectivity index (χ4n) is 2.18. The number of rotatable bonds is 3. The Kier molecular flexibility index (Phi) is 3.10. The van der Waals surface area contributed by atoms with Gasteiger partial charge in [0, 0.05) is 5.69 Å². The summed E-state index contributed by atoms with van der Waals surface area (Å²) in [6.45, 7) is 3.91. The molecule has 0 saturated heterocycles. The van der Waals surface area contributed by atoms with Crippen molar-refractivity contribution in [1.82, 2.24) is 14.6 Å². The molecule has 0 amide bonds. The van der Waals surface area contributed by atoms with E-state index in [4.69, 9.17) is 0 Å². The second-order valence-corrected chi connectivity index (χ2v) is 4.73. The van der Waals surface area contributed by atoms with Crippen LogP contribution in [-0.2, 0) is 6.42 Å². The Bertz CT molecular complexity index is 743. The van der Waals surface area contributed by atoms with Crippen LogP contribution in [0.1, 0.15) is 18.2 Å². The van der Waals surface area contributed by atoms with Crippen LogP contribution in [0.5, 0.6) is 0 Å². The van der Waals surface area contributed by atoms with Crippen molar-refractivity contribution in [3.05, 3.63) is 53.6 Å². The second-order valence-electron chi connectivity index (χ2n) is 4.73. The van der Waals surface area contributed by atoms with Crippen LogP contribution in [0.25, 0.3) is 5.65 Å². The summed E-state index contributed by atoms with van der Waals surface area (Å²) in [5.74, 6) is 0.403. The van der Waals surface area contributed by atoms with E-state index in [1.165, 1.54) is 12.1 Å². The number of fused-ring (bicyclic) bond motifs is 1. The summed E-state index contributed by atoms with van der Waals surface area (Å²) < 4.78 is 15.2. The molecule has 1 aromatic carbocycles. The van der Waals surface area contributed by atoms with Crippen LogP contribution in [0.4, 0.5) is 15.9 Å². The molecule has 0 spiro atoms. The van der Waals surface area contributed by atoms with Crippen molar-refractivity contribution in [3.8, 4) is 0 Å². The predicted octanol–water partition coefficient (Wildman–Crippen LogP) is 3.48. The maximum atomic E-state index is 13.4. The van der Waals surface area contributed by atoms with E-state index < -0.39 is 0 Å². The summed E-state index contributed by atoms with van der Waals surface area (Å²) in [6.07, 6.45) is 2.68. The molecular weight excluding hydrogens is 255 g/mol. The van der Waals surface area contributed by atoms with Gasteiger partial charge >= 0.3 is 0 Å². The summed E-state index contributed by atoms with van der Waals surface area (Å²) in [5, 5.41) is 7.60. The van der Waals surface area contributed by atoms with E-state index in [1.807, 2.05) is 31.3 Å². The van der Waals surface area contributed by atoms with Gasteiger partial charge in [-0.15, -0.1) is 5.10 Å². The smallest absolute Gasteiger partial charge is 0.153 e. The normalized spacial score (nSPS) is 10.9. The first-order valence-corrected chi connectivity index (χ1v) is 6.53. The van der Waals surface area contributed by atoms with Crippen LogP contribution >= 0.6 is 0 Å². The minimum absolute atomic E-state index is 0.259. The molecule has 0 aliphatic rings. The van der Waals surface area contributed by atoms with Gasteiger partial charge in [0.15, 0.2) is 11.5 Å². The highest BCUT2D eigenvalue weighted by Crippen LogP contribution is 2.18. The second kappa shape index (κ2) is 4.92. The van der Waals surface area contributed by atoms with Crippen LogP contribution in [0.3, 0.4) is 0 Å². The van der Waals surface area contributed by atoms with Gasteiger partial charge in [-0.25, -0.2) is 13.9 Å². The Hall–Kier alpha value is -2.43. The maximum Gasteiger partial charge on any atom is 0.153 e. The van der Waals surface area contributed by atoms with E-state index in [-0.39, 0.29) is 5.82 Å². The Morgan fingerprint density at radius 3 is 2.85 bits per heavy atom. The molecule has 0 aliphatic heterocycles. The summed E-state index contributed by atoms with van der Waals surface area (Å²) >= 11 is 0. The maximum absolute atomic E-state index is 13.4. The van der Waals surface area contributed by atoms with Crippen molar-refractivity contribution < 1.29 is 4.39 Å². The van der Waals surface area contributed by atoms with Crippen molar-refractivity contribution >= 4 is 17.2 Å². The van der Waals surface area contributed by atoms with Gasteiger partial charge in [-0.2, -0.15) is 0 Å². The third-order valence-electron chi connectivity index (χ3n) is 3.11. The van der Waals surface area contributed by atoms with Crippen LogP contribution in [-0.4, -0.2) is 14.6 Å². The summed E-state index contributed by atoms with van der Waals surface area (Å²) in [4.78, 5) is 4.28. The Morgan fingerprint density at radius 1 is 1.25 bits per heavy atom. The molecule has 2 heterocycles. The zero-order chi connectivity index (χ0) is 14.1. The first-order chi connectivity index (χ1) is 9.65. The van der Waals surface area contributed by atoms with Crippen LogP contribution in [0.15, 0.2) is 36.5 Å². The van der Waals surface area contributed by atoms with Gasteiger partial charge in [0.1, 0.15) is 5.82 Å². The van der Waals surface area contributed by atoms with Crippen molar-refractivity contribution in [1.29, 1.82) is 0 Å². The van der Waals surface area contributed by atoms with Gasteiger partial charge in [-0.3, -0.25) is 0 Å². The average Bonchev–Trinajstić information content (AvgIpc) is 2.79. The van der Waals surface area contributed by atoms with E-state index in [2.05, 4.69) is 22.3 Å². The number of nitrogens with zero attached hydrogens (tertiary/aromatic N) is 3. The van der Waals surface area contributed by atoms with Crippen molar-refractivity contribution in [2.45, 2.75) is 20.3 Å². The molecule has 0 saturated carbocycles.